The molecule has 0 aliphatic carbocycles. The highest BCUT2D eigenvalue weighted by Gasteiger charge is 2.04. The largest absolute Gasteiger partial charge is 0.254 e. The van der Waals surface area contributed by atoms with E-state index >= 15 is 0 Å². The van der Waals surface area contributed by atoms with Crippen LogP contribution in [0.4, 0.5) is 0 Å². The Morgan fingerprint density at radius 1 is 1.38 bits per heavy atom. The summed E-state index contributed by atoms with van der Waals surface area (Å²) in [5, 5.41) is 1.74. The van der Waals surface area contributed by atoms with Crippen LogP contribution in [0.3, 0.4) is 0 Å². The SMILES string of the molecule is Clc1c(Br)ccc2cc(I)cnc12. The Bertz CT molecular complexity index is 472. The monoisotopic (exact) mass is 367 g/mol. The van der Waals surface area contributed by atoms with Gasteiger partial charge in [0, 0.05) is 19.6 Å². The lowest BCUT2D eigenvalue weighted by molar-refractivity contribution is 1.38. The van der Waals surface area contributed by atoms with Gasteiger partial charge < -0.3 is 0 Å². The fraction of sp³-hybridized carbons (Fsp3) is 0. The van der Waals surface area contributed by atoms with Crippen molar-refractivity contribution in [1.82, 2.24) is 4.98 Å². The van der Waals surface area contributed by atoms with Crippen LogP contribution < -0.4 is 0 Å². The minimum absolute atomic E-state index is 0.675. The summed E-state index contributed by atoms with van der Waals surface area (Å²) in [4.78, 5) is 4.27. The molecule has 1 nitrogen and oxygen atoms in total. The van der Waals surface area contributed by atoms with E-state index in [0.29, 0.717) is 5.02 Å². The summed E-state index contributed by atoms with van der Waals surface area (Å²) in [5.41, 5.74) is 0.844. The number of aromatic nitrogens is 1. The zero-order valence-corrected chi connectivity index (χ0v) is 10.9. The molecule has 0 fully saturated rings. The number of hydrogen-bond acceptors (Lipinski definition) is 1. The lowest BCUT2D eigenvalue weighted by Crippen LogP contribution is -1.82. The number of rotatable bonds is 0. The Morgan fingerprint density at radius 2 is 2.15 bits per heavy atom. The molecule has 0 spiro atoms. The van der Waals surface area contributed by atoms with Gasteiger partial charge in [0.05, 0.1) is 10.5 Å². The maximum Gasteiger partial charge on any atom is 0.0900 e. The number of halogens is 3. The van der Waals surface area contributed by atoms with Crippen LogP contribution in [0.2, 0.25) is 5.02 Å². The molecule has 0 saturated heterocycles. The predicted octanol–water partition coefficient (Wildman–Crippen LogP) is 4.26. The first-order valence-corrected chi connectivity index (χ1v) is 5.83. The topological polar surface area (TPSA) is 12.9 Å². The van der Waals surface area contributed by atoms with E-state index in [1.54, 1.807) is 6.20 Å². The first-order chi connectivity index (χ1) is 6.18. The van der Waals surface area contributed by atoms with Crippen molar-refractivity contribution in [3.05, 3.63) is 37.5 Å². The van der Waals surface area contributed by atoms with Crippen LogP contribution in [0.15, 0.2) is 28.9 Å². The molecular weight excluding hydrogens is 364 g/mol. The minimum Gasteiger partial charge on any atom is -0.254 e. The molecule has 0 unspecified atom stereocenters. The molecule has 0 saturated carbocycles. The van der Waals surface area contributed by atoms with Crippen molar-refractivity contribution >= 4 is 61.0 Å². The van der Waals surface area contributed by atoms with Gasteiger partial charge in [0.1, 0.15) is 0 Å². The Morgan fingerprint density at radius 3 is 2.92 bits per heavy atom. The maximum absolute atomic E-state index is 6.07. The van der Waals surface area contributed by atoms with Gasteiger partial charge in [-0.2, -0.15) is 0 Å². The number of benzene rings is 1. The molecule has 66 valence electrons. The van der Waals surface area contributed by atoms with E-state index in [4.69, 9.17) is 11.6 Å². The summed E-state index contributed by atoms with van der Waals surface area (Å²) in [6.45, 7) is 0. The first-order valence-electron chi connectivity index (χ1n) is 3.58. The quantitative estimate of drug-likeness (QED) is 0.634. The van der Waals surface area contributed by atoms with E-state index in [2.05, 4.69) is 49.6 Å². The van der Waals surface area contributed by atoms with Crippen molar-refractivity contribution in [2.45, 2.75) is 0 Å². The summed E-state index contributed by atoms with van der Waals surface area (Å²) < 4.78 is 2.00. The van der Waals surface area contributed by atoms with Crippen molar-refractivity contribution in [3.8, 4) is 0 Å². The summed E-state index contributed by atoms with van der Waals surface area (Å²) in [7, 11) is 0. The second-order valence-corrected chi connectivity index (χ2v) is 5.06. The summed E-state index contributed by atoms with van der Waals surface area (Å²) in [6.07, 6.45) is 1.81. The zero-order valence-electron chi connectivity index (χ0n) is 6.39. The fourth-order valence-electron chi connectivity index (χ4n) is 1.11. The fourth-order valence-corrected chi connectivity index (χ4v) is 2.13. The number of nitrogens with zero attached hydrogens (tertiary/aromatic N) is 1. The normalized spacial score (nSPS) is 10.7. The highest BCUT2D eigenvalue weighted by molar-refractivity contribution is 14.1. The molecule has 0 aliphatic rings. The molecule has 1 heterocycles. The molecule has 13 heavy (non-hydrogen) atoms. The lowest BCUT2D eigenvalue weighted by atomic mass is 10.2. The maximum atomic E-state index is 6.07. The summed E-state index contributed by atoms with van der Waals surface area (Å²) in [6, 6.07) is 5.99. The Kier molecular flexibility index (Phi) is 2.76. The van der Waals surface area contributed by atoms with E-state index in [1.807, 2.05) is 12.1 Å². The third-order valence-corrected chi connectivity index (χ3v) is 3.57. The van der Waals surface area contributed by atoms with Crippen LogP contribution in [-0.2, 0) is 0 Å². The first kappa shape index (κ1) is 9.68. The predicted molar refractivity (Wildman–Crippen MR) is 67.2 cm³/mol. The minimum atomic E-state index is 0.675. The molecular formula is C9H4BrClIN. The van der Waals surface area contributed by atoms with E-state index in [-0.39, 0.29) is 0 Å². The van der Waals surface area contributed by atoms with E-state index in [1.165, 1.54) is 0 Å². The highest BCUT2D eigenvalue weighted by Crippen LogP contribution is 2.29. The average molecular weight is 368 g/mol. The van der Waals surface area contributed by atoms with Gasteiger partial charge in [-0.05, 0) is 50.7 Å². The number of hydrogen-bond donors (Lipinski definition) is 0. The van der Waals surface area contributed by atoms with Crippen molar-refractivity contribution in [2.75, 3.05) is 0 Å². The lowest BCUT2D eigenvalue weighted by Gasteiger charge is -2.01. The molecule has 0 aliphatic heterocycles. The Hall–Kier alpha value is 0.130. The van der Waals surface area contributed by atoms with Crippen LogP contribution in [0.1, 0.15) is 0 Å². The smallest absolute Gasteiger partial charge is 0.0900 e. The molecule has 4 heteroatoms. The van der Waals surface area contributed by atoms with Gasteiger partial charge in [-0.15, -0.1) is 0 Å². The summed E-state index contributed by atoms with van der Waals surface area (Å²) >= 11 is 11.7. The third-order valence-electron chi connectivity index (χ3n) is 1.71. The van der Waals surface area contributed by atoms with Crippen molar-refractivity contribution in [2.24, 2.45) is 0 Å². The average Bonchev–Trinajstić information content (AvgIpc) is 2.12. The van der Waals surface area contributed by atoms with Crippen molar-refractivity contribution in [3.63, 3.8) is 0 Å². The van der Waals surface area contributed by atoms with Gasteiger partial charge in [-0.3, -0.25) is 4.98 Å². The standard InChI is InChI=1S/C9H4BrClIN/c10-7-2-1-5-3-6(12)4-13-9(5)8(7)11/h1-4H. The highest BCUT2D eigenvalue weighted by atomic mass is 127. The van der Waals surface area contributed by atoms with E-state index < -0.39 is 0 Å². The molecule has 2 rings (SSSR count). The van der Waals surface area contributed by atoms with Crippen LogP contribution >= 0.6 is 50.1 Å². The molecule has 1 aromatic carbocycles. The van der Waals surface area contributed by atoms with Gasteiger partial charge in [0.2, 0.25) is 0 Å². The Balaban J connectivity index is 2.87. The Labute approximate surface area is 103 Å². The third kappa shape index (κ3) is 1.82. The van der Waals surface area contributed by atoms with Gasteiger partial charge in [-0.25, -0.2) is 0 Å². The zero-order chi connectivity index (χ0) is 9.42. The van der Waals surface area contributed by atoms with Crippen LogP contribution in [0.25, 0.3) is 10.9 Å². The number of pyridine rings is 1. The summed E-state index contributed by atoms with van der Waals surface area (Å²) in [5.74, 6) is 0. The molecule has 1 aromatic heterocycles. The van der Waals surface area contributed by atoms with Crippen LogP contribution in [0.5, 0.6) is 0 Å². The van der Waals surface area contributed by atoms with Gasteiger partial charge in [-0.1, -0.05) is 17.7 Å². The molecule has 2 aromatic rings. The second kappa shape index (κ2) is 3.71. The van der Waals surface area contributed by atoms with E-state index in [0.717, 1.165) is 18.9 Å². The number of fused-ring (bicyclic) bond motifs is 1. The van der Waals surface area contributed by atoms with Gasteiger partial charge in [0.15, 0.2) is 0 Å². The van der Waals surface area contributed by atoms with Crippen molar-refractivity contribution in [1.29, 1.82) is 0 Å². The molecule has 0 bridgehead atoms. The van der Waals surface area contributed by atoms with Gasteiger partial charge in [0.25, 0.3) is 0 Å². The van der Waals surface area contributed by atoms with Gasteiger partial charge >= 0.3 is 0 Å². The van der Waals surface area contributed by atoms with E-state index in [9.17, 15) is 0 Å². The molecule has 0 atom stereocenters. The second-order valence-electron chi connectivity index (χ2n) is 2.59. The molecule has 0 N–H and O–H groups in total. The molecule has 0 radical (unpaired) electrons. The van der Waals surface area contributed by atoms with Crippen LogP contribution in [-0.4, -0.2) is 4.98 Å². The van der Waals surface area contributed by atoms with Crippen molar-refractivity contribution < 1.29 is 0 Å². The van der Waals surface area contributed by atoms with Crippen LogP contribution in [0, 0.1) is 3.57 Å². The molecule has 0 amide bonds.